The standard InChI is InChI=1S/C6H13NO3S2/c7-6(11-12(8,9)10)5-3-1-2-4-5/h5-6H,1-4,7H2,(H,8,9,10). The molecule has 0 aliphatic heterocycles. The van der Waals surface area contributed by atoms with Gasteiger partial charge >= 0.3 is 9.15 Å². The molecule has 0 aromatic carbocycles. The van der Waals surface area contributed by atoms with Crippen LogP contribution in [0.3, 0.4) is 0 Å². The third kappa shape index (κ3) is 3.30. The predicted octanol–water partition coefficient (Wildman–Crippen LogP) is 0.997. The van der Waals surface area contributed by atoms with Gasteiger partial charge in [0.05, 0.1) is 5.37 Å². The summed E-state index contributed by atoms with van der Waals surface area (Å²) < 4.78 is 29.4. The molecule has 1 fully saturated rings. The number of hydrogen-bond donors (Lipinski definition) is 2. The molecule has 4 nitrogen and oxygen atoms in total. The lowest BCUT2D eigenvalue weighted by Gasteiger charge is -2.15. The highest BCUT2D eigenvalue weighted by Gasteiger charge is 2.26. The fourth-order valence-electron chi connectivity index (χ4n) is 1.50. The Morgan fingerprint density at radius 3 is 2.33 bits per heavy atom. The van der Waals surface area contributed by atoms with Crippen LogP contribution in [0, 0.1) is 5.92 Å². The molecule has 1 aliphatic carbocycles. The highest BCUT2D eigenvalue weighted by molar-refractivity contribution is 8.70. The smallest absolute Gasteiger partial charge is 0.318 e. The summed E-state index contributed by atoms with van der Waals surface area (Å²) in [6.07, 6.45) is 4.18. The SMILES string of the molecule is NC(SS(=O)(=O)O)C1CCCC1. The number of rotatable bonds is 3. The molecule has 0 aromatic heterocycles. The van der Waals surface area contributed by atoms with E-state index in [9.17, 15) is 8.42 Å². The van der Waals surface area contributed by atoms with E-state index in [1.807, 2.05) is 0 Å². The van der Waals surface area contributed by atoms with Crippen LogP contribution in [0.2, 0.25) is 0 Å². The molecular formula is C6H13NO3S2. The predicted molar refractivity (Wildman–Crippen MR) is 49.1 cm³/mol. The minimum atomic E-state index is -3.97. The van der Waals surface area contributed by atoms with Crippen molar-refractivity contribution >= 4 is 19.9 Å². The van der Waals surface area contributed by atoms with Crippen molar-refractivity contribution in [1.82, 2.24) is 0 Å². The van der Waals surface area contributed by atoms with Crippen molar-refractivity contribution < 1.29 is 13.0 Å². The van der Waals surface area contributed by atoms with E-state index < -0.39 is 14.5 Å². The summed E-state index contributed by atoms with van der Waals surface area (Å²) in [4.78, 5) is 0. The second-order valence-electron chi connectivity index (χ2n) is 3.03. The fourth-order valence-corrected chi connectivity index (χ4v) is 3.53. The first kappa shape index (κ1) is 10.3. The van der Waals surface area contributed by atoms with Gasteiger partial charge in [-0.05, 0) is 18.8 Å². The Balaban J connectivity index is 2.42. The maximum Gasteiger partial charge on any atom is 0.321 e. The molecule has 12 heavy (non-hydrogen) atoms. The molecule has 1 unspecified atom stereocenters. The number of hydrogen-bond acceptors (Lipinski definition) is 4. The summed E-state index contributed by atoms with van der Waals surface area (Å²) in [7, 11) is -3.51. The molecular weight excluding hydrogens is 198 g/mol. The molecule has 0 heterocycles. The summed E-state index contributed by atoms with van der Waals surface area (Å²) in [6.45, 7) is 0. The Morgan fingerprint density at radius 1 is 1.42 bits per heavy atom. The van der Waals surface area contributed by atoms with Gasteiger partial charge in [0.15, 0.2) is 0 Å². The number of nitrogens with two attached hydrogens (primary N) is 1. The largest absolute Gasteiger partial charge is 0.321 e. The van der Waals surface area contributed by atoms with E-state index in [1.165, 1.54) is 0 Å². The van der Waals surface area contributed by atoms with Crippen LogP contribution >= 0.6 is 10.8 Å². The Kier molecular flexibility index (Phi) is 3.39. The summed E-state index contributed by atoms with van der Waals surface area (Å²) in [5.41, 5.74) is 5.59. The molecule has 0 bridgehead atoms. The van der Waals surface area contributed by atoms with Gasteiger partial charge in [0.2, 0.25) is 0 Å². The van der Waals surface area contributed by atoms with Gasteiger partial charge in [-0.1, -0.05) is 12.8 Å². The zero-order valence-corrected chi connectivity index (χ0v) is 8.27. The minimum absolute atomic E-state index is 0.247. The van der Waals surface area contributed by atoms with E-state index in [0.29, 0.717) is 10.8 Å². The van der Waals surface area contributed by atoms with Crippen molar-refractivity contribution in [3.63, 3.8) is 0 Å². The molecule has 0 spiro atoms. The van der Waals surface area contributed by atoms with Gasteiger partial charge < -0.3 is 5.73 Å². The Morgan fingerprint density at radius 2 is 1.92 bits per heavy atom. The first-order chi connectivity index (χ1) is 5.49. The van der Waals surface area contributed by atoms with Crippen molar-refractivity contribution in [3.8, 4) is 0 Å². The van der Waals surface area contributed by atoms with E-state index in [4.69, 9.17) is 10.3 Å². The molecule has 1 aliphatic rings. The van der Waals surface area contributed by atoms with Crippen molar-refractivity contribution in [3.05, 3.63) is 0 Å². The summed E-state index contributed by atoms with van der Waals surface area (Å²) in [6, 6.07) is 0. The lowest BCUT2D eigenvalue weighted by molar-refractivity contribution is 0.498. The third-order valence-corrected chi connectivity index (χ3v) is 4.34. The molecule has 1 atom stereocenters. The molecule has 72 valence electrons. The van der Waals surface area contributed by atoms with E-state index in [2.05, 4.69) is 0 Å². The van der Waals surface area contributed by atoms with Crippen LogP contribution in [0.15, 0.2) is 0 Å². The van der Waals surface area contributed by atoms with Crippen LogP contribution < -0.4 is 5.73 Å². The highest BCUT2D eigenvalue weighted by Crippen LogP contribution is 2.32. The summed E-state index contributed by atoms with van der Waals surface area (Å²) in [5, 5.41) is -0.470. The Hall–Kier alpha value is 0.220. The van der Waals surface area contributed by atoms with Gasteiger partial charge in [-0.25, -0.2) is 0 Å². The van der Waals surface area contributed by atoms with Gasteiger partial charge in [0.1, 0.15) is 0 Å². The van der Waals surface area contributed by atoms with Crippen molar-refractivity contribution in [2.45, 2.75) is 31.1 Å². The van der Waals surface area contributed by atoms with Gasteiger partial charge in [0, 0.05) is 10.8 Å². The van der Waals surface area contributed by atoms with Crippen LogP contribution in [0.25, 0.3) is 0 Å². The maximum absolute atomic E-state index is 10.4. The van der Waals surface area contributed by atoms with Crippen molar-refractivity contribution in [2.24, 2.45) is 11.7 Å². The minimum Gasteiger partial charge on any atom is -0.318 e. The molecule has 3 N–H and O–H groups in total. The Bertz CT molecular complexity index is 233. The van der Waals surface area contributed by atoms with Gasteiger partial charge in [-0.3, -0.25) is 4.55 Å². The fraction of sp³-hybridized carbons (Fsp3) is 1.00. The van der Waals surface area contributed by atoms with E-state index in [0.717, 1.165) is 25.7 Å². The van der Waals surface area contributed by atoms with Crippen LogP contribution in [-0.2, 0) is 9.15 Å². The van der Waals surface area contributed by atoms with E-state index >= 15 is 0 Å². The van der Waals surface area contributed by atoms with E-state index in [1.54, 1.807) is 0 Å². The molecule has 0 aromatic rings. The van der Waals surface area contributed by atoms with Crippen molar-refractivity contribution in [2.75, 3.05) is 0 Å². The molecule has 0 radical (unpaired) electrons. The van der Waals surface area contributed by atoms with Gasteiger partial charge in [-0.2, -0.15) is 8.42 Å². The summed E-state index contributed by atoms with van der Waals surface area (Å²) >= 11 is 0. The topological polar surface area (TPSA) is 80.4 Å². The van der Waals surface area contributed by atoms with Gasteiger partial charge in [0.25, 0.3) is 0 Å². The van der Waals surface area contributed by atoms with Gasteiger partial charge in [-0.15, -0.1) is 0 Å². The lowest BCUT2D eigenvalue weighted by atomic mass is 10.1. The van der Waals surface area contributed by atoms with Crippen molar-refractivity contribution in [1.29, 1.82) is 0 Å². The van der Waals surface area contributed by atoms with Crippen LogP contribution in [-0.4, -0.2) is 18.3 Å². The molecule has 6 heteroatoms. The average Bonchev–Trinajstić information content (AvgIpc) is 2.32. The van der Waals surface area contributed by atoms with Crippen LogP contribution in [0.4, 0.5) is 0 Å². The second-order valence-corrected chi connectivity index (χ2v) is 6.47. The van der Waals surface area contributed by atoms with Crippen LogP contribution in [0.1, 0.15) is 25.7 Å². The van der Waals surface area contributed by atoms with Crippen LogP contribution in [0.5, 0.6) is 0 Å². The quantitative estimate of drug-likeness (QED) is 0.413. The first-order valence-electron chi connectivity index (χ1n) is 3.90. The molecule has 0 saturated heterocycles. The zero-order valence-electron chi connectivity index (χ0n) is 6.64. The molecule has 0 amide bonds. The first-order valence-corrected chi connectivity index (χ1v) is 6.74. The highest BCUT2D eigenvalue weighted by atomic mass is 33.1. The normalized spacial score (nSPS) is 22.8. The van der Waals surface area contributed by atoms with E-state index in [-0.39, 0.29) is 5.92 Å². The molecule has 1 saturated carbocycles. The lowest BCUT2D eigenvalue weighted by Crippen LogP contribution is -2.26. The maximum atomic E-state index is 10.4. The summed E-state index contributed by atoms with van der Waals surface area (Å²) in [5.74, 6) is 0.247. The second kappa shape index (κ2) is 3.95. The molecule has 1 rings (SSSR count). The monoisotopic (exact) mass is 211 g/mol. The average molecular weight is 211 g/mol. The zero-order chi connectivity index (χ0) is 9.19. The Labute approximate surface area is 76.0 Å². The third-order valence-electron chi connectivity index (χ3n) is 2.10.